The molecular weight excluding hydrogens is 340 g/mol. The molecule has 0 bridgehead atoms. The summed E-state index contributed by atoms with van der Waals surface area (Å²) in [6, 6.07) is -0.523. The van der Waals surface area contributed by atoms with Crippen LogP contribution < -0.4 is 11.1 Å². The lowest BCUT2D eigenvalue weighted by molar-refractivity contribution is -0.137. The van der Waals surface area contributed by atoms with Crippen molar-refractivity contribution in [2.75, 3.05) is 32.8 Å². The second kappa shape index (κ2) is 9.82. The molecule has 1 aromatic heterocycles. The summed E-state index contributed by atoms with van der Waals surface area (Å²) in [4.78, 5) is 30.6. The minimum absolute atomic E-state index is 0. The van der Waals surface area contributed by atoms with E-state index >= 15 is 0 Å². The van der Waals surface area contributed by atoms with Gasteiger partial charge in [0.1, 0.15) is 11.7 Å². The highest BCUT2D eigenvalue weighted by molar-refractivity contribution is 7.09. The van der Waals surface area contributed by atoms with Gasteiger partial charge in [-0.05, 0) is 13.0 Å². The number of amides is 2. The smallest absolute Gasteiger partial charge is 0.271 e. The molecule has 1 aromatic rings. The van der Waals surface area contributed by atoms with Crippen LogP contribution in [0.15, 0.2) is 5.38 Å². The van der Waals surface area contributed by atoms with E-state index in [1.54, 1.807) is 10.3 Å². The molecule has 1 atom stereocenters. The first-order chi connectivity index (χ1) is 10.7. The Hall–Kier alpha value is -1.22. The lowest BCUT2D eigenvalue weighted by Crippen LogP contribution is -2.51. The molecule has 7 nitrogen and oxygen atoms in total. The summed E-state index contributed by atoms with van der Waals surface area (Å²) in [5.41, 5.74) is 5.82. The van der Waals surface area contributed by atoms with Gasteiger partial charge in [-0.25, -0.2) is 4.98 Å². The number of carbonyl (C=O) groups excluding carboxylic acids is 2. The van der Waals surface area contributed by atoms with Crippen LogP contribution in [0.2, 0.25) is 0 Å². The van der Waals surface area contributed by atoms with E-state index < -0.39 is 6.04 Å². The third-order valence-electron chi connectivity index (χ3n) is 3.48. The van der Waals surface area contributed by atoms with Crippen LogP contribution in [0.3, 0.4) is 0 Å². The minimum atomic E-state index is -0.523. The molecule has 1 saturated heterocycles. The lowest BCUT2D eigenvalue weighted by atomic mass is 10.2. The Morgan fingerprint density at radius 2 is 2.17 bits per heavy atom. The Balaban J connectivity index is 0.00000264. The van der Waals surface area contributed by atoms with Crippen molar-refractivity contribution in [3.63, 3.8) is 0 Å². The standard InChI is InChI=1S/C14H22N4O3S.ClH/c1-2-10(14(20)18-5-7-21-8-6-18)17-13(19)11-9-22-12(16-11)3-4-15;/h9-10H,2-8,15H2,1H3,(H,17,19);1H. The van der Waals surface area contributed by atoms with Crippen molar-refractivity contribution in [1.29, 1.82) is 0 Å². The molecule has 2 rings (SSSR count). The number of halogens is 1. The predicted molar refractivity (Wildman–Crippen MR) is 91.1 cm³/mol. The number of hydrogen-bond donors (Lipinski definition) is 2. The van der Waals surface area contributed by atoms with Crippen molar-refractivity contribution in [1.82, 2.24) is 15.2 Å². The average Bonchev–Trinajstić information content (AvgIpc) is 3.02. The Labute approximate surface area is 146 Å². The van der Waals surface area contributed by atoms with E-state index in [0.29, 0.717) is 51.4 Å². The van der Waals surface area contributed by atoms with Gasteiger partial charge in [-0.15, -0.1) is 23.7 Å². The van der Waals surface area contributed by atoms with E-state index in [4.69, 9.17) is 10.5 Å². The van der Waals surface area contributed by atoms with E-state index in [-0.39, 0.29) is 24.2 Å². The minimum Gasteiger partial charge on any atom is -0.378 e. The number of rotatable bonds is 6. The van der Waals surface area contributed by atoms with Gasteiger partial charge in [0.25, 0.3) is 5.91 Å². The van der Waals surface area contributed by atoms with Crippen LogP contribution in [0.4, 0.5) is 0 Å². The normalized spacial score (nSPS) is 15.7. The molecule has 1 fully saturated rings. The van der Waals surface area contributed by atoms with E-state index in [1.165, 1.54) is 11.3 Å². The number of aromatic nitrogens is 1. The first-order valence-electron chi connectivity index (χ1n) is 7.47. The monoisotopic (exact) mass is 362 g/mol. The van der Waals surface area contributed by atoms with Gasteiger partial charge in [-0.1, -0.05) is 6.92 Å². The summed E-state index contributed by atoms with van der Waals surface area (Å²) >= 11 is 1.41. The number of nitrogens with zero attached hydrogens (tertiary/aromatic N) is 2. The molecule has 1 aliphatic heterocycles. The molecule has 1 aliphatic rings. The average molecular weight is 363 g/mol. The second-order valence-corrected chi connectivity index (χ2v) is 5.98. The molecule has 0 aromatic carbocycles. The van der Waals surface area contributed by atoms with Crippen LogP contribution in [0, 0.1) is 0 Å². The van der Waals surface area contributed by atoms with Crippen molar-refractivity contribution < 1.29 is 14.3 Å². The van der Waals surface area contributed by atoms with E-state index in [2.05, 4.69) is 10.3 Å². The van der Waals surface area contributed by atoms with E-state index in [0.717, 1.165) is 5.01 Å². The molecule has 1 unspecified atom stereocenters. The number of carbonyl (C=O) groups is 2. The van der Waals surface area contributed by atoms with Crippen molar-refractivity contribution >= 4 is 35.6 Å². The van der Waals surface area contributed by atoms with Gasteiger partial charge >= 0.3 is 0 Å². The second-order valence-electron chi connectivity index (χ2n) is 5.04. The van der Waals surface area contributed by atoms with Gasteiger partial charge in [0.05, 0.1) is 18.2 Å². The molecule has 0 radical (unpaired) electrons. The molecule has 3 N–H and O–H groups in total. The van der Waals surface area contributed by atoms with Crippen molar-refractivity contribution in [2.45, 2.75) is 25.8 Å². The molecular formula is C14H23ClN4O3S. The van der Waals surface area contributed by atoms with Crippen LogP contribution in [0.1, 0.15) is 28.8 Å². The van der Waals surface area contributed by atoms with Crippen LogP contribution in [-0.4, -0.2) is 60.6 Å². The molecule has 0 saturated carbocycles. The first-order valence-corrected chi connectivity index (χ1v) is 8.35. The molecule has 2 amide bonds. The fraction of sp³-hybridized carbons (Fsp3) is 0.643. The number of morpholine rings is 1. The number of nitrogens with two attached hydrogens (primary N) is 1. The lowest BCUT2D eigenvalue weighted by Gasteiger charge is -2.30. The Kier molecular flexibility index (Phi) is 8.46. The zero-order valence-electron chi connectivity index (χ0n) is 13.1. The zero-order valence-corrected chi connectivity index (χ0v) is 14.8. The van der Waals surface area contributed by atoms with Gasteiger partial charge in [-0.2, -0.15) is 0 Å². The van der Waals surface area contributed by atoms with E-state index in [9.17, 15) is 9.59 Å². The fourth-order valence-corrected chi connectivity index (χ4v) is 3.02. The van der Waals surface area contributed by atoms with Gasteiger partial charge in [0.15, 0.2) is 0 Å². The summed E-state index contributed by atoms with van der Waals surface area (Å²) in [5.74, 6) is -0.371. The maximum absolute atomic E-state index is 12.4. The molecule has 23 heavy (non-hydrogen) atoms. The highest BCUT2D eigenvalue weighted by Crippen LogP contribution is 2.11. The SMILES string of the molecule is CCC(NC(=O)c1csc(CCN)n1)C(=O)N1CCOCC1.Cl. The van der Waals surface area contributed by atoms with Crippen LogP contribution >= 0.6 is 23.7 Å². The largest absolute Gasteiger partial charge is 0.378 e. The highest BCUT2D eigenvalue weighted by atomic mass is 35.5. The Morgan fingerprint density at radius 1 is 1.48 bits per heavy atom. The third kappa shape index (κ3) is 5.42. The maximum Gasteiger partial charge on any atom is 0.271 e. The maximum atomic E-state index is 12.4. The van der Waals surface area contributed by atoms with Gasteiger partial charge in [-0.3, -0.25) is 9.59 Å². The van der Waals surface area contributed by atoms with Crippen LogP contribution in [0.5, 0.6) is 0 Å². The molecule has 0 spiro atoms. The van der Waals surface area contributed by atoms with Crippen molar-refractivity contribution in [2.24, 2.45) is 5.73 Å². The number of thiazole rings is 1. The van der Waals surface area contributed by atoms with Gasteiger partial charge in [0.2, 0.25) is 5.91 Å². The molecule has 130 valence electrons. The Bertz CT molecular complexity index is 520. The van der Waals surface area contributed by atoms with Gasteiger partial charge in [0, 0.05) is 24.9 Å². The van der Waals surface area contributed by atoms with Gasteiger partial charge < -0.3 is 20.7 Å². The van der Waals surface area contributed by atoms with Crippen molar-refractivity contribution in [3.8, 4) is 0 Å². The molecule has 2 heterocycles. The first kappa shape index (κ1) is 19.8. The topological polar surface area (TPSA) is 97.6 Å². The zero-order chi connectivity index (χ0) is 15.9. The summed E-state index contributed by atoms with van der Waals surface area (Å²) in [6.45, 7) is 4.62. The Morgan fingerprint density at radius 3 is 2.78 bits per heavy atom. The fourth-order valence-electron chi connectivity index (χ4n) is 2.23. The molecule has 0 aliphatic carbocycles. The number of ether oxygens (including phenoxy) is 1. The summed E-state index contributed by atoms with van der Waals surface area (Å²) in [7, 11) is 0. The van der Waals surface area contributed by atoms with Crippen LogP contribution in [0.25, 0.3) is 0 Å². The van der Waals surface area contributed by atoms with Crippen LogP contribution in [-0.2, 0) is 16.0 Å². The predicted octanol–water partition coefficient (Wildman–Crippen LogP) is 0.433. The third-order valence-corrected chi connectivity index (χ3v) is 4.39. The highest BCUT2D eigenvalue weighted by Gasteiger charge is 2.26. The summed E-state index contributed by atoms with van der Waals surface area (Å²) < 4.78 is 5.24. The van der Waals surface area contributed by atoms with E-state index in [1.807, 2.05) is 6.92 Å². The number of hydrogen-bond acceptors (Lipinski definition) is 6. The summed E-state index contributed by atoms with van der Waals surface area (Å²) in [6.07, 6.45) is 1.20. The number of nitrogens with one attached hydrogen (secondary N) is 1. The van der Waals surface area contributed by atoms with Crippen molar-refractivity contribution in [3.05, 3.63) is 16.1 Å². The summed E-state index contributed by atoms with van der Waals surface area (Å²) in [5, 5.41) is 5.31. The molecule has 9 heteroatoms. The quantitative estimate of drug-likeness (QED) is 0.765.